The van der Waals surface area contributed by atoms with Crippen LogP contribution in [0.15, 0.2) is 73.1 Å². The first kappa shape index (κ1) is 19.4. The first-order valence-electron chi connectivity index (χ1n) is 10.0. The molecule has 0 aliphatic carbocycles. The number of hydrogen-bond donors (Lipinski definition) is 1. The average molecular weight is 390 g/mol. The first-order chi connectivity index (χ1) is 14.3. The summed E-state index contributed by atoms with van der Waals surface area (Å²) in [7, 11) is 0. The topological polar surface area (TPSA) is 59.4 Å². The molecule has 1 aliphatic rings. The number of amides is 1. The molecule has 1 amide bonds. The Hall–Kier alpha value is -2.96. The number of carbonyl (C=O) groups excluding carboxylic acids is 1. The van der Waals surface area contributed by atoms with Gasteiger partial charge in [-0.25, -0.2) is 0 Å². The molecule has 3 aromatic rings. The largest absolute Gasteiger partial charge is 0.379 e. The number of hydrogen-bond acceptors (Lipinski definition) is 4. The number of benzene rings is 2. The molecule has 1 atom stereocenters. The van der Waals surface area contributed by atoms with Gasteiger partial charge in [-0.1, -0.05) is 60.7 Å². The van der Waals surface area contributed by atoms with E-state index in [-0.39, 0.29) is 11.9 Å². The monoisotopic (exact) mass is 390 g/mol. The van der Waals surface area contributed by atoms with Gasteiger partial charge in [-0.05, 0) is 11.1 Å². The van der Waals surface area contributed by atoms with Crippen molar-refractivity contribution < 1.29 is 9.53 Å². The lowest BCUT2D eigenvalue weighted by Gasteiger charge is -2.34. The van der Waals surface area contributed by atoms with Gasteiger partial charge in [0.25, 0.3) is 5.91 Å². The first-order valence-corrected chi connectivity index (χ1v) is 10.0. The van der Waals surface area contributed by atoms with Gasteiger partial charge in [-0.3, -0.25) is 14.4 Å². The van der Waals surface area contributed by atoms with E-state index in [1.165, 1.54) is 5.56 Å². The van der Waals surface area contributed by atoms with Crippen LogP contribution >= 0.6 is 0 Å². The Bertz CT molecular complexity index is 905. The third-order valence-electron chi connectivity index (χ3n) is 5.21. The summed E-state index contributed by atoms with van der Waals surface area (Å²) in [5.41, 5.74) is 2.93. The molecule has 1 fully saturated rings. The molecule has 1 aliphatic heterocycles. The fourth-order valence-corrected chi connectivity index (χ4v) is 3.65. The Balaban J connectivity index is 1.40. The second-order valence-corrected chi connectivity index (χ2v) is 7.20. The van der Waals surface area contributed by atoms with E-state index in [4.69, 9.17) is 4.74 Å². The van der Waals surface area contributed by atoms with Crippen LogP contribution in [0.4, 0.5) is 0 Å². The highest BCUT2D eigenvalue weighted by Gasteiger charge is 2.23. The Morgan fingerprint density at radius 2 is 1.72 bits per heavy atom. The zero-order chi connectivity index (χ0) is 19.9. The molecule has 1 saturated heterocycles. The van der Waals surface area contributed by atoms with Crippen molar-refractivity contribution in [1.29, 1.82) is 0 Å². The summed E-state index contributed by atoms with van der Waals surface area (Å²) < 4.78 is 7.28. The molecule has 2 aromatic carbocycles. The highest BCUT2D eigenvalue weighted by molar-refractivity contribution is 5.93. The Morgan fingerprint density at radius 3 is 2.45 bits per heavy atom. The van der Waals surface area contributed by atoms with Crippen LogP contribution in [0.3, 0.4) is 0 Å². The minimum Gasteiger partial charge on any atom is -0.379 e. The van der Waals surface area contributed by atoms with E-state index in [0.29, 0.717) is 18.7 Å². The molecule has 6 heteroatoms. The van der Waals surface area contributed by atoms with Gasteiger partial charge in [-0.15, -0.1) is 0 Å². The third kappa shape index (κ3) is 5.10. The molecule has 1 N–H and O–H groups in total. The summed E-state index contributed by atoms with van der Waals surface area (Å²) in [6.07, 6.45) is 3.43. The van der Waals surface area contributed by atoms with E-state index in [1.54, 1.807) is 17.1 Å². The standard InChI is InChI=1S/C23H26N4O2/c28-23(21-15-25-27(18-21)17-19-7-3-1-4-8-19)24-16-22(20-9-5-2-6-10-20)26-11-13-29-14-12-26/h1-10,15,18,22H,11-14,16-17H2,(H,24,28). The number of nitrogens with one attached hydrogen (secondary N) is 1. The molecule has 0 radical (unpaired) electrons. The molecule has 0 bridgehead atoms. The molecule has 2 heterocycles. The van der Waals surface area contributed by atoms with Crippen LogP contribution in [-0.2, 0) is 11.3 Å². The number of aromatic nitrogens is 2. The molecule has 6 nitrogen and oxygen atoms in total. The number of ether oxygens (including phenoxy) is 1. The van der Waals surface area contributed by atoms with Crippen LogP contribution in [0.1, 0.15) is 27.5 Å². The van der Waals surface area contributed by atoms with Crippen molar-refractivity contribution in [3.8, 4) is 0 Å². The SMILES string of the molecule is O=C(NCC(c1ccccc1)N1CCOCC1)c1cnn(Cc2ccccc2)c1. The number of carbonyl (C=O) groups is 1. The molecule has 1 unspecified atom stereocenters. The summed E-state index contributed by atoms with van der Waals surface area (Å²) in [4.78, 5) is 15.1. The highest BCUT2D eigenvalue weighted by atomic mass is 16.5. The fourth-order valence-electron chi connectivity index (χ4n) is 3.65. The van der Waals surface area contributed by atoms with E-state index in [9.17, 15) is 4.79 Å². The lowest BCUT2D eigenvalue weighted by Crippen LogP contribution is -2.43. The maximum Gasteiger partial charge on any atom is 0.254 e. The van der Waals surface area contributed by atoms with Gasteiger partial charge in [0, 0.05) is 25.8 Å². The second-order valence-electron chi connectivity index (χ2n) is 7.20. The van der Waals surface area contributed by atoms with Gasteiger partial charge < -0.3 is 10.1 Å². The summed E-state index contributed by atoms with van der Waals surface area (Å²) in [6, 6.07) is 20.5. The molecule has 29 heavy (non-hydrogen) atoms. The Kier molecular flexibility index (Phi) is 6.34. The van der Waals surface area contributed by atoms with Gasteiger partial charge in [0.15, 0.2) is 0 Å². The lowest BCUT2D eigenvalue weighted by molar-refractivity contribution is 0.0162. The maximum atomic E-state index is 12.7. The van der Waals surface area contributed by atoms with Crippen LogP contribution in [0.25, 0.3) is 0 Å². The van der Waals surface area contributed by atoms with Crippen LogP contribution < -0.4 is 5.32 Å². The van der Waals surface area contributed by atoms with Crippen molar-refractivity contribution in [3.63, 3.8) is 0 Å². The fraction of sp³-hybridized carbons (Fsp3) is 0.304. The van der Waals surface area contributed by atoms with Crippen molar-refractivity contribution in [2.75, 3.05) is 32.8 Å². The van der Waals surface area contributed by atoms with Gasteiger partial charge in [0.1, 0.15) is 0 Å². The zero-order valence-electron chi connectivity index (χ0n) is 16.4. The second kappa shape index (κ2) is 9.49. The summed E-state index contributed by atoms with van der Waals surface area (Å²) in [6.45, 7) is 4.38. The molecule has 0 spiro atoms. The van der Waals surface area contributed by atoms with E-state index >= 15 is 0 Å². The zero-order valence-corrected chi connectivity index (χ0v) is 16.4. The van der Waals surface area contributed by atoms with E-state index in [1.807, 2.05) is 48.5 Å². The maximum absolute atomic E-state index is 12.7. The Labute approximate surface area is 171 Å². The van der Waals surface area contributed by atoms with E-state index in [2.05, 4.69) is 27.4 Å². The summed E-state index contributed by atoms with van der Waals surface area (Å²) in [5, 5.41) is 7.43. The number of morpholine rings is 1. The smallest absolute Gasteiger partial charge is 0.254 e. The van der Waals surface area contributed by atoms with Gasteiger partial charge >= 0.3 is 0 Å². The molecule has 150 valence electrons. The predicted octanol–water partition coefficient (Wildman–Crippen LogP) is 2.73. The van der Waals surface area contributed by atoms with Crippen molar-refractivity contribution in [2.45, 2.75) is 12.6 Å². The van der Waals surface area contributed by atoms with Gasteiger partial charge in [-0.2, -0.15) is 5.10 Å². The van der Waals surface area contributed by atoms with Crippen LogP contribution in [0.5, 0.6) is 0 Å². The minimum atomic E-state index is -0.0986. The summed E-state index contributed by atoms with van der Waals surface area (Å²) in [5.74, 6) is -0.0986. The number of rotatable bonds is 7. The van der Waals surface area contributed by atoms with Crippen LogP contribution in [0.2, 0.25) is 0 Å². The van der Waals surface area contributed by atoms with Crippen molar-refractivity contribution >= 4 is 5.91 Å². The predicted molar refractivity (Wildman–Crippen MR) is 112 cm³/mol. The normalized spacial score (nSPS) is 15.7. The average Bonchev–Trinajstić information content (AvgIpc) is 3.25. The van der Waals surface area contributed by atoms with Crippen LogP contribution in [-0.4, -0.2) is 53.4 Å². The summed E-state index contributed by atoms with van der Waals surface area (Å²) >= 11 is 0. The van der Waals surface area contributed by atoms with E-state index < -0.39 is 0 Å². The Morgan fingerprint density at radius 1 is 1.03 bits per heavy atom. The van der Waals surface area contributed by atoms with E-state index in [0.717, 1.165) is 31.9 Å². The molecule has 0 saturated carbocycles. The quantitative estimate of drug-likeness (QED) is 0.674. The lowest BCUT2D eigenvalue weighted by atomic mass is 10.0. The molecular formula is C23H26N4O2. The van der Waals surface area contributed by atoms with Crippen molar-refractivity contribution in [3.05, 3.63) is 89.7 Å². The van der Waals surface area contributed by atoms with Crippen molar-refractivity contribution in [2.24, 2.45) is 0 Å². The van der Waals surface area contributed by atoms with Gasteiger partial charge in [0.2, 0.25) is 0 Å². The minimum absolute atomic E-state index is 0.0986. The molecule has 4 rings (SSSR count). The third-order valence-corrected chi connectivity index (χ3v) is 5.21. The highest BCUT2D eigenvalue weighted by Crippen LogP contribution is 2.21. The van der Waals surface area contributed by atoms with Crippen molar-refractivity contribution in [1.82, 2.24) is 20.0 Å². The van der Waals surface area contributed by atoms with Crippen LogP contribution in [0, 0.1) is 0 Å². The molecular weight excluding hydrogens is 364 g/mol. The molecule has 1 aromatic heterocycles. The van der Waals surface area contributed by atoms with Gasteiger partial charge in [0.05, 0.1) is 37.6 Å². The number of nitrogens with zero attached hydrogens (tertiary/aromatic N) is 3.